The van der Waals surface area contributed by atoms with Gasteiger partial charge in [-0.2, -0.15) is 0 Å². The summed E-state index contributed by atoms with van der Waals surface area (Å²) in [6.45, 7) is 12.7. The Labute approximate surface area is 188 Å². The molecule has 0 aliphatic heterocycles. The van der Waals surface area contributed by atoms with Gasteiger partial charge in [0.1, 0.15) is 11.5 Å². The van der Waals surface area contributed by atoms with Crippen LogP contribution in [0, 0.1) is 11.8 Å². The van der Waals surface area contributed by atoms with Gasteiger partial charge < -0.3 is 9.47 Å². The smallest absolute Gasteiger partial charge is 0.135 e. The first-order valence-corrected chi connectivity index (χ1v) is 12.2. The zero-order chi connectivity index (χ0) is 22.2. The predicted molar refractivity (Wildman–Crippen MR) is 135 cm³/mol. The van der Waals surface area contributed by atoms with Crippen LogP contribution in [0.3, 0.4) is 0 Å². The van der Waals surface area contributed by atoms with Crippen molar-refractivity contribution < 1.29 is 9.47 Å². The van der Waals surface area contributed by atoms with E-state index in [0.717, 1.165) is 54.7 Å². The molecule has 0 fully saturated rings. The van der Waals surface area contributed by atoms with Gasteiger partial charge in [0.15, 0.2) is 0 Å². The minimum atomic E-state index is 0.626. The van der Waals surface area contributed by atoms with E-state index >= 15 is 0 Å². The van der Waals surface area contributed by atoms with Crippen molar-refractivity contribution in [1.82, 2.24) is 0 Å². The maximum atomic E-state index is 6.47. The molecule has 0 aliphatic carbocycles. The fourth-order valence-electron chi connectivity index (χ4n) is 3.99. The van der Waals surface area contributed by atoms with E-state index in [0.29, 0.717) is 11.8 Å². The molecule has 0 bridgehead atoms. The standard InChI is InChI=1S/C29H40O2/c1-6-7-8-11-23-14-15-26-27(20-23)29(31-19-17-22(4)5)25-13-10-9-12-24(25)28(26)30-18-16-21(2)3/h9-10,12-15,20-22H,6-8,11,16-19H2,1-5H3. The van der Waals surface area contributed by atoms with Crippen LogP contribution >= 0.6 is 0 Å². The second kappa shape index (κ2) is 11.4. The van der Waals surface area contributed by atoms with Gasteiger partial charge in [-0.1, -0.05) is 83.9 Å². The van der Waals surface area contributed by atoms with Gasteiger partial charge in [0, 0.05) is 21.5 Å². The summed E-state index contributed by atoms with van der Waals surface area (Å²) in [6.07, 6.45) is 6.98. The van der Waals surface area contributed by atoms with Gasteiger partial charge in [-0.05, 0) is 49.1 Å². The molecule has 168 valence electrons. The molecule has 0 N–H and O–H groups in total. The highest BCUT2D eigenvalue weighted by Crippen LogP contribution is 2.43. The Hall–Kier alpha value is -2.22. The van der Waals surface area contributed by atoms with Gasteiger partial charge in [0.2, 0.25) is 0 Å². The van der Waals surface area contributed by atoms with Crippen molar-refractivity contribution in [2.75, 3.05) is 13.2 Å². The molecule has 0 aromatic heterocycles. The molecule has 0 unspecified atom stereocenters. The Morgan fingerprint density at radius 1 is 0.677 bits per heavy atom. The minimum absolute atomic E-state index is 0.626. The molecule has 2 nitrogen and oxygen atoms in total. The maximum absolute atomic E-state index is 6.47. The summed E-state index contributed by atoms with van der Waals surface area (Å²) in [5, 5.41) is 4.67. The highest BCUT2D eigenvalue weighted by atomic mass is 16.5. The van der Waals surface area contributed by atoms with Crippen molar-refractivity contribution in [3.63, 3.8) is 0 Å². The fourth-order valence-corrected chi connectivity index (χ4v) is 3.99. The molecule has 0 atom stereocenters. The van der Waals surface area contributed by atoms with E-state index in [4.69, 9.17) is 9.47 Å². The van der Waals surface area contributed by atoms with Crippen LogP contribution in [-0.2, 0) is 6.42 Å². The highest BCUT2D eigenvalue weighted by molar-refractivity contribution is 6.11. The first kappa shape index (κ1) is 23.4. The molecule has 3 aromatic carbocycles. The average Bonchev–Trinajstić information content (AvgIpc) is 2.74. The number of fused-ring (bicyclic) bond motifs is 2. The maximum Gasteiger partial charge on any atom is 0.135 e. The SMILES string of the molecule is CCCCCc1ccc2c(OCCC(C)C)c3ccccc3c(OCCC(C)C)c2c1. The zero-order valence-corrected chi connectivity index (χ0v) is 20.2. The third-order valence-electron chi connectivity index (χ3n) is 5.94. The number of hydrogen-bond acceptors (Lipinski definition) is 2. The third-order valence-corrected chi connectivity index (χ3v) is 5.94. The first-order chi connectivity index (χ1) is 15.0. The molecule has 0 spiro atoms. The van der Waals surface area contributed by atoms with Crippen LogP contribution in [-0.4, -0.2) is 13.2 Å². The normalized spacial score (nSPS) is 11.7. The third kappa shape index (κ3) is 6.15. The van der Waals surface area contributed by atoms with Crippen molar-refractivity contribution in [2.24, 2.45) is 11.8 Å². The summed E-state index contributed by atoms with van der Waals surface area (Å²) < 4.78 is 12.9. The van der Waals surface area contributed by atoms with Gasteiger partial charge in [0.25, 0.3) is 0 Å². The van der Waals surface area contributed by atoms with Crippen LogP contribution < -0.4 is 9.47 Å². The molecular formula is C29H40O2. The second-order valence-corrected chi connectivity index (χ2v) is 9.60. The highest BCUT2D eigenvalue weighted by Gasteiger charge is 2.17. The second-order valence-electron chi connectivity index (χ2n) is 9.60. The molecular weight excluding hydrogens is 380 g/mol. The minimum Gasteiger partial charge on any atom is -0.492 e. The molecule has 0 saturated heterocycles. The first-order valence-electron chi connectivity index (χ1n) is 12.2. The van der Waals surface area contributed by atoms with Crippen LogP contribution in [0.4, 0.5) is 0 Å². The largest absolute Gasteiger partial charge is 0.492 e. The lowest BCUT2D eigenvalue weighted by Gasteiger charge is -2.19. The number of unbranched alkanes of at least 4 members (excludes halogenated alkanes) is 2. The molecule has 0 aliphatic rings. The molecule has 31 heavy (non-hydrogen) atoms. The lowest BCUT2D eigenvalue weighted by Crippen LogP contribution is -2.05. The predicted octanol–water partition coefficient (Wildman–Crippen LogP) is 8.58. The van der Waals surface area contributed by atoms with E-state index in [-0.39, 0.29) is 0 Å². The molecule has 0 saturated carbocycles. The number of rotatable bonds is 12. The van der Waals surface area contributed by atoms with Crippen LogP contribution in [0.2, 0.25) is 0 Å². The lowest BCUT2D eigenvalue weighted by molar-refractivity contribution is 0.291. The van der Waals surface area contributed by atoms with Gasteiger partial charge >= 0.3 is 0 Å². The number of ether oxygens (including phenoxy) is 2. The monoisotopic (exact) mass is 420 g/mol. The Morgan fingerprint density at radius 3 is 1.77 bits per heavy atom. The van der Waals surface area contributed by atoms with Gasteiger partial charge in [-0.3, -0.25) is 0 Å². The molecule has 3 rings (SSSR count). The Kier molecular flexibility index (Phi) is 8.63. The fraction of sp³-hybridized carbons (Fsp3) is 0.517. The number of benzene rings is 3. The molecule has 3 aromatic rings. The van der Waals surface area contributed by atoms with Crippen molar-refractivity contribution in [3.05, 3.63) is 48.0 Å². The summed E-state index contributed by atoms with van der Waals surface area (Å²) in [5.74, 6) is 3.27. The Bertz CT molecular complexity index is 971. The Balaban J connectivity index is 2.10. The van der Waals surface area contributed by atoms with Crippen molar-refractivity contribution in [2.45, 2.75) is 73.1 Å². The number of hydrogen-bond donors (Lipinski definition) is 0. The quantitative estimate of drug-likeness (QED) is 0.216. The van der Waals surface area contributed by atoms with Crippen molar-refractivity contribution in [3.8, 4) is 11.5 Å². The van der Waals surface area contributed by atoms with E-state index in [2.05, 4.69) is 77.1 Å². The summed E-state index contributed by atoms with van der Waals surface area (Å²) in [4.78, 5) is 0. The van der Waals surface area contributed by atoms with Gasteiger partial charge in [-0.25, -0.2) is 0 Å². The zero-order valence-electron chi connectivity index (χ0n) is 20.2. The van der Waals surface area contributed by atoms with E-state index in [1.807, 2.05) is 0 Å². The van der Waals surface area contributed by atoms with E-state index in [1.54, 1.807) is 0 Å². The van der Waals surface area contributed by atoms with E-state index < -0.39 is 0 Å². The lowest BCUT2D eigenvalue weighted by atomic mass is 9.97. The molecule has 0 radical (unpaired) electrons. The van der Waals surface area contributed by atoms with E-state index in [1.165, 1.54) is 35.6 Å². The topological polar surface area (TPSA) is 18.5 Å². The summed E-state index contributed by atoms with van der Waals surface area (Å²) in [6, 6.07) is 15.4. The summed E-state index contributed by atoms with van der Waals surface area (Å²) in [5.41, 5.74) is 1.39. The van der Waals surface area contributed by atoms with Crippen LogP contribution in [0.5, 0.6) is 11.5 Å². The van der Waals surface area contributed by atoms with Crippen LogP contribution in [0.1, 0.15) is 72.3 Å². The van der Waals surface area contributed by atoms with Crippen molar-refractivity contribution in [1.29, 1.82) is 0 Å². The average molecular weight is 421 g/mol. The molecule has 2 heteroatoms. The van der Waals surface area contributed by atoms with Gasteiger partial charge in [-0.15, -0.1) is 0 Å². The molecule has 0 amide bonds. The van der Waals surface area contributed by atoms with Crippen LogP contribution in [0.25, 0.3) is 21.5 Å². The number of aryl methyl sites for hydroxylation is 1. The summed E-state index contributed by atoms with van der Waals surface area (Å²) >= 11 is 0. The van der Waals surface area contributed by atoms with Crippen molar-refractivity contribution >= 4 is 21.5 Å². The van der Waals surface area contributed by atoms with Crippen LogP contribution in [0.15, 0.2) is 42.5 Å². The Morgan fingerprint density at radius 2 is 1.23 bits per heavy atom. The van der Waals surface area contributed by atoms with E-state index in [9.17, 15) is 0 Å². The summed E-state index contributed by atoms with van der Waals surface area (Å²) in [7, 11) is 0. The molecule has 0 heterocycles. The van der Waals surface area contributed by atoms with Gasteiger partial charge in [0.05, 0.1) is 13.2 Å².